The third kappa shape index (κ3) is 3.56. The number of esters is 1. The number of rotatable bonds is 4. The summed E-state index contributed by atoms with van der Waals surface area (Å²) in [4.78, 5) is 31.9. The second-order valence-electron chi connectivity index (χ2n) is 3.08. The van der Waals surface area contributed by atoms with E-state index in [0.29, 0.717) is 0 Å². The lowest BCUT2D eigenvalue weighted by Crippen LogP contribution is -2.22. The van der Waals surface area contributed by atoms with Gasteiger partial charge in [0.1, 0.15) is 0 Å². The Kier molecular flexibility index (Phi) is 4.15. The van der Waals surface area contributed by atoms with Gasteiger partial charge in [0.25, 0.3) is 12.5 Å². The molecule has 0 aliphatic rings. The summed E-state index contributed by atoms with van der Waals surface area (Å²) in [7, 11) is 1.21. The van der Waals surface area contributed by atoms with Crippen LogP contribution in [0.25, 0.3) is 0 Å². The Labute approximate surface area is 96.5 Å². The second-order valence-corrected chi connectivity index (χ2v) is 3.08. The van der Waals surface area contributed by atoms with E-state index in [1.54, 1.807) is 12.1 Å². The maximum Gasteiger partial charge on any atom is 0.339 e. The number of para-hydroxylation sites is 1. The van der Waals surface area contributed by atoms with Crippen molar-refractivity contribution in [3.8, 4) is 0 Å². The number of benzene rings is 1. The van der Waals surface area contributed by atoms with E-state index in [2.05, 4.69) is 10.1 Å². The number of nitrogens with one attached hydrogen (secondary N) is 1. The van der Waals surface area contributed by atoms with Crippen molar-refractivity contribution in [2.75, 3.05) is 19.0 Å². The molecule has 0 spiro atoms. The molecule has 1 amide bonds. The van der Waals surface area contributed by atoms with Crippen molar-refractivity contribution in [3.05, 3.63) is 39.9 Å². The highest BCUT2D eigenvalue weighted by Gasteiger charge is 2.15. The second kappa shape index (κ2) is 5.59. The van der Waals surface area contributed by atoms with Crippen LogP contribution in [0, 0.1) is 10.1 Å². The molecule has 1 aromatic carbocycles. The number of carbonyl (C=O) groups excluding carboxylic acids is 2. The number of amides is 1. The van der Waals surface area contributed by atoms with E-state index in [1.165, 1.54) is 19.2 Å². The first kappa shape index (κ1) is 12.6. The van der Waals surface area contributed by atoms with Gasteiger partial charge in [-0.3, -0.25) is 14.9 Å². The molecule has 0 aliphatic heterocycles. The van der Waals surface area contributed by atoms with Gasteiger partial charge in [-0.2, -0.15) is 0 Å². The molecule has 0 unspecified atom stereocenters. The van der Waals surface area contributed by atoms with Gasteiger partial charge >= 0.3 is 5.97 Å². The van der Waals surface area contributed by atoms with E-state index in [9.17, 15) is 19.7 Å². The Balaban J connectivity index is 2.87. The third-order valence-corrected chi connectivity index (χ3v) is 1.88. The monoisotopic (exact) mass is 238 g/mol. The van der Waals surface area contributed by atoms with E-state index in [1.807, 2.05) is 0 Å². The molecule has 1 N–H and O–H groups in total. The predicted octanol–water partition coefficient (Wildman–Crippen LogP) is 0.688. The van der Waals surface area contributed by atoms with Crippen LogP contribution in [0.2, 0.25) is 0 Å². The lowest BCUT2D eigenvalue weighted by Gasteiger charge is -2.07. The van der Waals surface area contributed by atoms with Gasteiger partial charge in [0.2, 0.25) is 0 Å². The number of hydrogen-bond donors (Lipinski definition) is 1. The van der Waals surface area contributed by atoms with Crippen LogP contribution in [0.3, 0.4) is 0 Å². The van der Waals surface area contributed by atoms with E-state index in [4.69, 9.17) is 0 Å². The molecule has 7 heteroatoms. The Hall–Kier alpha value is -2.44. The van der Waals surface area contributed by atoms with Crippen LogP contribution in [-0.4, -0.2) is 30.5 Å². The lowest BCUT2D eigenvalue weighted by atomic mass is 10.2. The number of nitro groups is 1. The van der Waals surface area contributed by atoms with Crippen molar-refractivity contribution >= 4 is 17.6 Å². The standard InChI is InChI=1S/C10H10N2O5/c1-17-10(14)7-4-2-3-5-8(7)11-9(13)6-12(15)16/h2-5H,6H2,1H3,(H,11,13). The fraction of sp³-hybridized carbons (Fsp3) is 0.200. The highest BCUT2D eigenvalue weighted by Crippen LogP contribution is 2.15. The van der Waals surface area contributed by atoms with Crippen molar-refractivity contribution in [1.82, 2.24) is 0 Å². The first-order chi connectivity index (χ1) is 8.04. The van der Waals surface area contributed by atoms with Gasteiger partial charge in [-0.15, -0.1) is 0 Å². The van der Waals surface area contributed by atoms with Gasteiger partial charge in [0, 0.05) is 4.92 Å². The molecule has 0 atom stereocenters. The SMILES string of the molecule is COC(=O)c1ccccc1NC(=O)C[N+](=O)[O-]. The zero-order chi connectivity index (χ0) is 12.8. The van der Waals surface area contributed by atoms with Crippen molar-refractivity contribution in [3.63, 3.8) is 0 Å². The Morgan fingerprint density at radius 2 is 2.06 bits per heavy atom. The number of methoxy groups -OCH3 is 1. The predicted molar refractivity (Wildman–Crippen MR) is 58.3 cm³/mol. The summed E-state index contributed by atoms with van der Waals surface area (Å²) in [5.74, 6) is -1.42. The summed E-state index contributed by atoms with van der Waals surface area (Å²) < 4.78 is 4.52. The molecule has 0 radical (unpaired) electrons. The van der Waals surface area contributed by atoms with Crippen LogP contribution in [0.4, 0.5) is 5.69 Å². The molecular weight excluding hydrogens is 228 g/mol. The molecule has 0 bridgehead atoms. The third-order valence-electron chi connectivity index (χ3n) is 1.88. The number of hydrogen-bond acceptors (Lipinski definition) is 5. The van der Waals surface area contributed by atoms with Crippen molar-refractivity contribution in [2.45, 2.75) is 0 Å². The number of anilines is 1. The summed E-state index contributed by atoms with van der Waals surface area (Å²) in [5.41, 5.74) is 0.331. The van der Waals surface area contributed by atoms with Crippen LogP contribution >= 0.6 is 0 Å². The van der Waals surface area contributed by atoms with Crippen molar-refractivity contribution in [2.24, 2.45) is 0 Å². The van der Waals surface area contributed by atoms with Gasteiger partial charge in [-0.25, -0.2) is 4.79 Å². The highest BCUT2D eigenvalue weighted by atomic mass is 16.6. The normalized spacial score (nSPS) is 9.47. The number of ether oxygens (including phenoxy) is 1. The maximum absolute atomic E-state index is 11.3. The lowest BCUT2D eigenvalue weighted by molar-refractivity contribution is -0.467. The molecule has 0 aromatic heterocycles. The zero-order valence-corrected chi connectivity index (χ0v) is 9.00. The number of carbonyl (C=O) groups is 2. The van der Waals surface area contributed by atoms with Crippen molar-refractivity contribution < 1.29 is 19.2 Å². The molecule has 1 aromatic rings. The molecule has 0 fully saturated rings. The number of nitrogens with zero attached hydrogens (tertiary/aromatic N) is 1. The fourth-order valence-electron chi connectivity index (χ4n) is 1.19. The molecular formula is C10H10N2O5. The molecule has 17 heavy (non-hydrogen) atoms. The maximum atomic E-state index is 11.3. The summed E-state index contributed by atoms with van der Waals surface area (Å²) in [6.45, 7) is -0.852. The largest absolute Gasteiger partial charge is 0.465 e. The van der Waals surface area contributed by atoms with Gasteiger partial charge in [0.15, 0.2) is 0 Å². The first-order valence-electron chi connectivity index (χ1n) is 4.63. The minimum Gasteiger partial charge on any atom is -0.465 e. The van der Waals surface area contributed by atoms with E-state index >= 15 is 0 Å². The van der Waals surface area contributed by atoms with Crippen LogP contribution < -0.4 is 5.32 Å². The fourth-order valence-corrected chi connectivity index (χ4v) is 1.19. The van der Waals surface area contributed by atoms with Gasteiger partial charge < -0.3 is 10.1 Å². The molecule has 7 nitrogen and oxygen atoms in total. The quantitative estimate of drug-likeness (QED) is 0.472. The van der Waals surface area contributed by atoms with Gasteiger partial charge in [-0.1, -0.05) is 12.1 Å². The van der Waals surface area contributed by atoms with Gasteiger partial charge in [-0.05, 0) is 12.1 Å². The highest BCUT2D eigenvalue weighted by molar-refractivity contribution is 6.01. The Morgan fingerprint density at radius 3 is 2.65 bits per heavy atom. The molecule has 0 saturated heterocycles. The Bertz CT molecular complexity index is 458. The van der Waals surface area contributed by atoms with Crippen LogP contribution in [0.5, 0.6) is 0 Å². The smallest absolute Gasteiger partial charge is 0.339 e. The van der Waals surface area contributed by atoms with E-state index in [0.717, 1.165) is 0 Å². The summed E-state index contributed by atoms with van der Waals surface area (Å²) in [6, 6.07) is 6.10. The minimum atomic E-state index is -0.852. The average molecular weight is 238 g/mol. The van der Waals surface area contributed by atoms with E-state index < -0.39 is 23.3 Å². The zero-order valence-electron chi connectivity index (χ0n) is 9.00. The molecule has 0 saturated carbocycles. The summed E-state index contributed by atoms with van der Waals surface area (Å²) >= 11 is 0. The molecule has 1 rings (SSSR count). The Morgan fingerprint density at radius 1 is 1.41 bits per heavy atom. The van der Waals surface area contributed by atoms with Crippen LogP contribution in [0.15, 0.2) is 24.3 Å². The molecule has 0 heterocycles. The summed E-state index contributed by atoms with van der Waals surface area (Å²) in [5, 5.41) is 12.4. The van der Waals surface area contributed by atoms with Gasteiger partial charge in [0.05, 0.1) is 18.4 Å². The topological polar surface area (TPSA) is 98.5 Å². The van der Waals surface area contributed by atoms with Crippen LogP contribution in [-0.2, 0) is 9.53 Å². The summed E-state index contributed by atoms with van der Waals surface area (Å²) in [6.07, 6.45) is 0. The molecule has 0 aliphatic carbocycles. The average Bonchev–Trinajstić information content (AvgIpc) is 2.27. The molecule has 90 valence electrons. The first-order valence-corrected chi connectivity index (χ1v) is 4.63. The van der Waals surface area contributed by atoms with Crippen LogP contribution in [0.1, 0.15) is 10.4 Å². The van der Waals surface area contributed by atoms with Crippen molar-refractivity contribution in [1.29, 1.82) is 0 Å². The minimum absolute atomic E-state index is 0.145. The van der Waals surface area contributed by atoms with E-state index in [-0.39, 0.29) is 11.3 Å².